The number of benzene rings is 1. The molecule has 3 rings (SSSR count). The molecule has 1 amide bonds. The molecule has 0 spiro atoms. The zero-order valence-electron chi connectivity index (χ0n) is 12.8. The van der Waals surface area contributed by atoms with Gasteiger partial charge in [-0.2, -0.15) is 0 Å². The first-order chi connectivity index (χ1) is 11.8. The van der Waals surface area contributed by atoms with Gasteiger partial charge in [0.05, 0.1) is 6.20 Å². The van der Waals surface area contributed by atoms with E-state index in [1.807, 2.05) is 36.5 Å². The summed E-state index contributed by atoms with van der Waals surface area (Å²) in [6, 6.07) is 9.55. The lowest BCUT2D eigenvalue weighted by Gasteiger charge is -2.02. The van der Waals surface area contributed by atoms with Crippen LogP contribution in [-0.2, 0) is 17.9 Å². The fourth-order valence-corrected chi connectivity index (χ4v) is 2.46. The van der Waals surface area contributed by atoms with E-state index in [1.165, 1.54) is 11.3 Å². The molecule has 0 bridgehead atoms. The lowest BCUT2D eigenvalue weighted by molar-refractivity contribution is -0.116. The minimum Gasteiger partial charge on any atom is -0.487 e. The maximum absolute atomic E-state index is 11.7. The highest BCUT2D eigenvalue weighted by Gasteiger charge is 2.06. The molecule has 0 aliphatic rings. The predicted molar refractivity (Wildman–Crippen MR) is 88.6 cm³/mol. The molecule has 124 valence electrons. The van der Waals surface area contributed by atoms with E-state index >= 15 is 0 Å². The standard InChI is InChI=1S/C15H16N6O2S/c22-14(17-15-19-16-11-24-15)7-4-8-21-9-12(18-20-21)10-23-13-5-2-1-3-6-13/h1-3,5-6,9,11H,4,7-8,10H2,(H,17,19,22). The second-order valence-electron chi connectivity index (χ2n) is 4.97. The Bertz CT molecular complexity index is 759. The van der Waals surface area contributed by atoms with Crippen LogP contribution in [0.25, 0.3) is 0 Å². The average molecular weight is 344 g/mol. The van der Waals surface area contributed by atoms with Crippen molar-refractivity contribution in [3.8, 4) is 5.75 Å². The quantitative estimate of drug-likeness (QED) is 0.672. The number of carbonyl (C=O) groups excluding carboxylic acids is 1. The van der Waals surface area contributed by atoms with Crippen LogP contribution in [0.3, 0.4) is 0 Å². The van der Waals surface area contributed by atoms with Crippen LogP contribution in [0.2, 0.25) is 0 Å². The maximum atomic E-state index is 11.7. The van der Waals surface area contributed by atoms with Crippen molar-refractivity contribution in [1.82, 2.24) is 25.2 Å². The zero-order chi connectivity index (χ0) is 16.6. The van der Waals surface area contributed by atoms with Gasteiger partial charge < -0.3 is 10.1 Å². The minimum atomic E-state index is -0.0838. The van der Waals surface area contributed by atoms with Gasteiger partial charge in [-0.3, -0.25) is 9.48 Å². The van der Waals surface area contributed by atoms with Gasteiger partial charge in [0.1, 0.15) is 23.6 Å². The van der Waals surface area contributed by atoms with Crippen molar-refractivity contribution in [2.45, 2.75) is 26.0 Å². The van der Waals surface area contributed by atoms with Crippen LogP contribution in [0.15, 0.2) is 42.0 Å². The van der Waals surface area contributed by atoms with Crippen LogP contribution in [0.1, 0.15) is 18.5 Å². The Morgan fingerprint density at radius 3 is 2.92 bits per heavy atom. The molecular formula is C15H16N6O2S. The molecule has 1 N–H and O–H groups in total. The summed E-state index contributed by atoms with van der Waals surface area (Å²) in [5, 5.41) is 18.7. The summed E-state index contributed by atoms with van der Waals surface area (Å²) in [4.78, 5) is 11.7. The van der Waals surface area contributed by atoms with Crippen molar-refractivity contribution in [3.63, 3.8) is 0 Å². The summed E-state index contributed by atoms with van der Waals surface area (Å²) in [6.07, 6.45) is 2.87. The van der Waals surface area contributed by atoms with Crippen LogP contribution in [0.4, 0.5) is 5.13 Å². The number of hydrogen-bond donors (Lipinski definition) is 1. The second kappa shape index (κ2) is 8.16. The first kappa shape index (κ1) is 16.1. The van der Waals surface area contributed by atoms with Crippen molar-refractivity contribution in [2.24, 2.45) is 0 Å². The van der Waals surface area contributed by atoms with E-state index in [2.05, 4.69) is 25.8 Å². The molecule has 2 aromatic heterocycles. The first-order valence-electron chi connectivity index (χ1n) is 7.42. The number of hydrogen-bond acceptors (Lipinski definition) is 7. The number of aryl methyl sites for hydroxylation is 1. The van der Waals surface area contributed by atoms with Gasteiger partial charge in [0, 0.05) is 13.0 Å². The van der Waals surface area contributed by atoms with Crippen LogP contribution in [0, 0.1) is 0 Å². The molecule has 3 aromatic rings. The Balaban J connectivity index is 1.39. The Morgan fingerprint density at radius 2 is 2.12 bits per heavy atom. The van der Waals surface area contributed by atoms with Gasteiger partial charge in [0.15, 0.2) is 0 Å². The fraction of sp³-hybridized carbons (Fsp3) is 0.267. The molecular weight excluding hydrogens is 328 g/mol. The SMILES string of the molecule is O=C(CCCn1cc(COc2ccccc2)nn1)Nc1nncs1. The summed E-state index contributed by atoms with van der Waals surface area (Å²) >= 11 is 1.29. The van der Waals surface area contributed by atoms with Crippen molar-refractivity contribution in [2.75, 3.05) is 5.32 Å². The third-order valence-corrected chi connectivity index (χ3v) is 3.72. The molecule has 0 saturated heterocycles. The first-order valence-corrected chi connectivity index (χ1v) is 8.30. The summed E-state index contributed by atoms with van der Waals surface area (Å²) in [7, 11) is 0. The minimum absolute atomic E-state index is 0.0838. The highest BCUT2D eigenvalue weighted by Crippen LogP contribution is 2.11. The number of para-hydroxylation sites is 1. The van der Waals surface area contributed by atoms with E-state index in [9.17, 15) is 4.79 Å². The number of ether oxygens (including phenoxy) is 1. The molecule has 0 aliphatic heterocycles. The van der Waals surface area contributed by atoms with E-state index < -0.39 is 0 Å². The summed E-state index contributed by atoms with van der Waals surface area (Å²) in [5.74, 6) is 0.708. The number of aromatic nitrogens is 5. The van der Waals surface area contributed by atoms with E-state index in [-0.39, 0.29) is 5.91 Å². The Morgan fingerprint density at radius 1 is 1.25 bits per heavy atom. The highest BCUT2D eigenvalue weighted by atomic mass is 32.1. The van der Waals surface area contributed by atoms with Crippen LogP contribution < -0.4 is 10.1 Å². The number of carbonyl (C=O) groups is 1. The van der Waals surface area contributed by atoms with E-state index in [0.29, 0.717) is 31.1 Å². The summed E-state index contributed by atoms with van der Waals surface area (Å²) < 4.78 is 7.33. The number of rotatable bonds is 8. The summed E-state index contributed by atoms with van der Waals surface area (Å²) in [6.45, 7) is 0.976. The van der Waals surface area contributed by atoms with Gasteiger partial charge in [-0.15, -0.1) is 15.3 Å². The lowest BCUT2D eigenvalue weighted by Crippen LogP contribution is -2.12. The smallest absolute Gasteiger partial charge is 0.226 e. The van der Waals surface area contributed by atoms with Gasteiger partial charge in [-0.05, 0) is 18.6 Å². The molecule has 9 heteroatoms. The highest BCUT2D eigenvalue weighted by molar-refractivity contribution is 7.13. The van der Waals surface area contributed by atoms with Crippen LogP contribution in [-0.4, -0.2) is 31.1 Å². The number of amides is 1. The average Bonchev–Trinajstić information content (AvgIpc) is 3.26. The van der Waals surface area contributed by atoms with E-state index in [0.717, 1.165) is 11.4 Å². The lowest BCUT2D eigenvalue weighted by atomic mass is 10.3. The monoisotopic (exact) mass is 344 g/mol. The second-order valence-corrected chi connectivity index (χ2v) is 5.80. The van der Waals surface area contributed by atoms with Crippen molar-refractivity contribution < 1.29 is 9.53 Å². The maximum Gasteiger partial charge on any atom is 0.226 e. The molecule has 2 heterocycles. The van der Waals surface area contributed by atoms with Crippen molar-refractivity contribution in [3.05, 3.63) is 47.7 Å². The molecule has 0 aliphatic carbocycles. The predicted octanol–water partition coefficient (Wildman–Crippen LogP) is 2.13. The zero-order valence-corrected chi connectivity index (χ0v) is 13.6. The molecule has 0 fully saturated rings. The van der Waals surface area contributed by atoms with E-state index in [1.54, 1.807) is 10.2 Å². The van der Waals surface area contributed by atoms with Gasteiger partial charge in [-0.1, -0.05) is 34.7 Å². The van der Waals surface area contributed by atoms with Gasteiger partial charge in [-0.25, -0.2) is 0 Å². The third kappa shape index (κ3) is 4.85. The van der Waals surface area contributed by atoms with Gasteiger partial charge in [0.2, 0.25) is 11.0 Å². The molecule has 8 nitrogen and oxygen atoms in total. The number of nitrogens with zero attached hydrogens (tertiary/aromatic N) is 5. The van der Waals surface area contributed by atoms with Crippen LogP contribution >= 0.6 is 11.3 Å². The Kier molecular flexibility index (Phi) is 5.46. The van der Waals surface area contributed by atoms with E-state index in [4.69, 9.17) is 4.74 Å². The molecule has 24 heavy (non-hydrogen) atoms. The fourth-order valence-electron chi connectivity index (χ4n) is 2.00. The summed E-state index contributed by atoms with van der Waals surface area (Å²) in [5.41, 5.74) is 2.32. The van der Waals surface area contributed by atoms with Crippen molar-refractivity contribution in [1.29, 1.82) is 0 Å². The molecule has 0 saturated carbocycles. The van der Waals surface area contributed by atoms with Crippen molar-refractivity contribution >= 4 is 22.4 Å². The Labute approximate surface area is 142 Å². The molecule has 0 unspecified atom stereocenters. The van der Waals surface area contributed by atoms with Crippen LogP contribution in [0.5, 0.6) is 5.75 Å². The largest absolute Gasteiger partial charge is 0.487 e. The molecule has 1 aromatic carbocycles. The topological polar surface area (TPSA) is 94.8 Å². The van der Waals surface area contributed by atoms with Gasteiger partial charge in [0.25, 0.3) is 0 Å². The number of nitrogens with one attached hydrogen (secondary N) is 1. The normalized spacial score (nSPS) is 10.5. The third-order valence-electron chi connectivity index (χ3n) is 3.11. The number of anilines is 1. The molecule has 0 radical (unpaired) electrons. The Hall–Kier alpha value is -2.81. The molecule has 0 atom stereocenters. The van der Waals surface area contributed by atoms with Gasteiger partial charge >= 0.3 is 0 Å².